The molecule has 5 heteroatoms. The van der Waals surface area contributed by atoms with Gasteiger partial charge in [0, 0.05) is 31.7 Å². The molecule has 0 unspecified atom stereocenters. The third kappa shape index (κ3) is 3.29. The SMILES string of the molecule is Cc1ccc(C(=O)N2CCN(C(=O)c3cccs3)CC2)cc1C. The molecule has 1 aliphatic heterocycles. The minimum absolute atomic E-state index is 0.0522. The molecule has 1 aliphatic rings. The predicted molar refractivity (Wildman–Crippen MR) is 92.0 cm³/mol. The summed E-state index contributed by atoms with van der Waals surface area (Å²) < 4.78 is 0. The molecule has 1 aromatic carbocycles. The first-order valence-corrected chi connectivity index (χ1v) is 8.63. The number of amides is 2. The van der Waals surface area contributed by atoms with Crippen molar-refractivity contribution < 1.29 is 9.59 Å². The van der Waals surface area contributed by atoms with E-state index in [0.717, 1.165) is 16.0 Å². The van der Waals surface area contributed by atoms with E-state index < -0.39 is 0 Å². The van der Waals surface area contributed by atoms with Crippen molar-refractivity contribution in [2.45, 2.75) is 13.8 Å². The molecule has 0 bridgehead atoms. The summed E-state index contributed by atoms with van der Waals surface area (Å²) in [6, 6.07) is 9.55. The van der Waals surface area contributed by atoms with E-state index in [1.807, 2.05) is 59.4 Å². The van der Waals surface area contributed by atoms with Gasteiger partial charge in [0.05, 0.1) is 4.88 Å². The smallest absolute Gasteiger partial charge is 0.264 e. The normalized spacial score (nSPS) is 14.9. The summed E-state index contributed by atoms with van der Waals surface area (Å²) in [4.78, 5) is 29.3. The molecule has 2 aromatic rings. The Labute approximate surface area is 140 Å². The number of aryl methyl sites for hydroxylation is 2. The molecule has 0 spiro atoms. The molecule has 23 heavy (non-hydrogen) atoms. The standard InChI is InChI=1S/C18H20N2O2S/c1-13-5-6-15(12-14(13)2)17(21)19-7-9-20(10-8-19)18(22)16-4-3-11-23-16/h3-6,11-12H,7-10H2,1-2H3. The van der Waals surface area contributed by atoms with Crippen LogP contribution in [0.5, 0.6) is 0 Å². The van der Waals surface area contributed by atoms with Crippen molar-refractivity contribution in [2.75, 3.05) is 26.2 Å². The summed E-state index contributed by atoms with van der Waals surface area (Å²) in [6.45, 7) is 6.41. The fourth-order valence-electron chi connectivity index (χ4n) is 2.73. The summed E-state index contributed by atoms with van der Waals surface area (Å²) in [5.74, 6) is 0.120. The van der Waals surface area contributed by atoms with Gasteiger partial charge in [0.15, 0.2) is 0 Å². The molecule has 0 saturated carbocycles. The Hall–Kier alpha value is -2.14. The highest BCUT2D eigenvalue weighted by atomic mass is 32.1. The predicted octanol–water partition coefficient (Wildman–Crippen LogP) is 2.96. The molecule has 0 aliphatic carbocycles. The van der Waals surface area contributed by atoms with Gasteiger partial charge in [-0.3, -0.25) is 9.59 Å². The van der Waals surface area contributed by atoms with Gasteiger partial charge in [-0.25, -0.2) is 0 Å². The first kappa shape index (κ1) is 15.7. The molecular formula is C18H20N2O2S. The number of thiophene rings is 1. The van der Waals surface area contributed by atoms with E-state index >= 15 is 0 Å². The first-order chi connectivity index (χ1) is 11.1. The van der Waals surface area contributed by atoms with E-state index in [9.17, 15) is 9.59 Å². The number of benzene rings is 1. The van der Waals surface area contributed by atoms with Crippen LogP contribution in [0.25, 0.3) is 0 Å². The number of nitrogens with zero attached hydrogens (tertiary/aromatic N) is 2. The number of carbonyl (C=O) groups excluding carboxylic acids is 2. The van der Waals surface area contributed by atoms with Crippen LogP contribution < -0.4 is 0 Å². The van der Waals surface area contributed by atoms with Gasteiger partial charge in [-0.1, -0.05) is 12.1 Å². The molecule has 0 atom stereocenters. The van der Waals surface area contributed by atoms with Crippen molar-refractivity contribution in [3.63, 3.8) is 0 Å². The summed E-state index contributed by atoms with van der Waals surface area (Å²) >= 11 is 1.46. The maximum atomic E-state index is 12.6. The Morgan fingerprint density at radius 3 is 2.13 bits per heavy atom. The van der Waals surface area contributed by atoms with Crippen LogP contribution in [0.4, 0.5) is 0 Å². The minimum atomic E-state index is 0.0522. The van der Waals surface area contributed by atoms with Crippen molar-refractivity contribution in [2.24, 2.45) is 0 Å². The van der Waals surface area contributed by atoms with E-state index in [1.54, 1.807) is 0 Å². The Morgan fingerprint density at radius 2 is 1.57 bits per heavy atom. The number of rotatable bonds is 2. The van der Waals surface area contributed by atoms with Gasteiger partial charge in [-0.2, -0.15) is 0 Å². The van der Waals surface area contributed by atoms with E-state index in [4.69, 9.17) is 0 Å². The second-order valence-electron chi connectivity index (χ2n) is 5.86. The second-order valence-corrected chi connectivity index (χ2v) is 6.81. The van der Waals surface area contributed by atoms with E-state index in [2.05, 4.69) is 0 Å². The number of hydrogen-bond donors (Lipinski definition) is 0. The summed E-state index contributed by atoms with van der Waals surface area (Å²) in [6.07, 6.45) is 0. The lowest BCUT2D eigenvalue weighted by molar-refractivity contribution is 0.0538. The van der Waals surface area contributed by atoms with Gasteiger partial charge in [0.2, 0.25) is 0 Å². The Morgan fingerprint density at radius 1 is 0.913 bits per heavy atom. The maximum absolute atomic E-state index is 12.6. The Bertz CT molecular complexity index is 717. The van der Waals surface area contributed by atoms with Crippen molar-refractivity contribution in [1.82, 2.24) is 9.80 Å². The summed E-state index contributed by atoms with van der Waals surface area (Å²) in [5, 5.41) is 1.91. The molecule has 1 aromatic heterocycles. The zero-order chi connectivity index (χ0) is 16.4. The highest BCUT2D eigenvalue weighted by Gasteiger charge is 2.25. The lowest BCUT2D eigenvalue weighted by Gasteiger charge is -2.34. The van der Waals surface area contributed by atoms with E-state index in [-0.39, 0.29) is 11.8 Å². The van der Waals surface area contributed by atoms with Crippen molar-refractivity contribution in [3.8, 4) is 0 Å². The van der Waals surface area contributed by atoms with Crippen LogP contribution in [0.1, 0.15) is 31.2 Å². The van der Waals surface area contributed by atoms with Gasteiger partial charge in [-0.05, 0) is 48.6 Å². The molecule has 2 amide bonds. The number of piperazine rings is 1. The molecular weight excluding hydrogens is 308 g/mol. The highest BCUT2D eigenvalue weighted by Crippen LogP contribution is 2.16. The van der Waals surface area contributed by atoms with Crippen molar-refractivity contribution >= 4 is 23.2 Å². The van der Waals surface area contributed by atoms with Crippen LogP contribution in [0.3, 0.4) is 0 Å². The average Bonchev–Trinajstić information content (AvgIpc) is 3.11. The summed E-state index contributed by atoms with van der Waals surface area (Å²) in [7, 11) is 0. The molecule has 120 valence electrons. The number of carbonyl (C=O) groups is 2. The third-order valence-corrected chi connectivity index (χ3v) is 5.20. The molecule has 4 nitrogen and oxygen atoms in total. The topological polar surface area (TPSA) is 40.6 Å². The van der Waals surface area contributed by atoms with Crippen molar-refractivity contribution in [3.05, 3.63) is 57.3 Å². The molecule has 0 radical (unpaired) electrons. The molecule has 2 heterocycles. The zero-order valence-electron chi connectivity index (χ0n) is 13.4. The molecule has 0 N–H and O–H groups in total. The fraction of sp³-hybridized carbons (Fsp3) is 0.333. The van der Waals surface area contributed by atoms with Crippen LogP contribution >= 0.6 is 11.3 Å². The summed E-state index contributed by atoms with van der Waals surface area (Å²) in [5.41, 5.74) is 3.04. The Balaban J connectivity index is 1.63. The lowest BCUT2D eigenvalue weighted by atomic mass is 10.1. The molecule has 1 fully saturated rings. The van der Waals surface area contributed by atoms with Gasteiger partial charge < -0.3 is 9.80 Å². The largest absolute Gasteiger partial charge is 0.335 e. The van der Waals surface area contributed by atoms with Crippen LogP contribution in [0, 0.1) is 13.8 Å². The van der Waals surface area contributed by atoms with E-state index in [1.165, 1.54) is 16.9 Å². The first-order valence-electron chi connectivity index (χ1n) is 7.75. The van der Waals surface area contributed by atoms with Gasteiger partial charge >= 0.3 is 0 Å². The van der Waals surface area contributed by atoms with Crippen LogP contribution in [-0.2, 0) is 0 Å². The van der Waals surface area contributed by atoms with Crippen molar-refractivity contribution in [1.29, 1.82) is 0 Å². The molecule has 3 rings (SSSR count). The average molecular weight is 328 g/mol. The monoisotopic (exact) mass is 328 g/mol. The van der Waals surface area contributed by atoms with Gasteiger partial charge in [0.1, 0.15) is 0 Å². The third-order valence-electron chi connectivity index (χ3n) is 4.34. The van der Waals surface area contributed by atoms with E-state index in [0.29, 0.717) is 26.2 Å². The van der Waals surface area contributed by atoms with Gasteiger partial charge in [0.25, 0.3) is 11.8 Å². The van der Waals surface area contributed by atoms with Crippen LogP contribution in [0.15, 0.2) is 35.7 Å². The maximum Gasteiger partial charge on any atom is 0.264 e. The zero-order valence-corrected chi connectivity index (χ0v) is 14.2. The minimum Gasteiger partial charge on any atom is -0.335 e. The molecule has 1 saturated heterocycles. The lowest BCUT2D eigenvalue weighted by Crippen LogP contribution is -2.50. The van der Waals surface area contributed by atoms with Crippen LogP contribution in [0.2, 0.25) is 0 Å². The second kappa shape index (κ2) is 6.54. The highest BCUT2D eigenvalue weighted by molar-refractivity contribution is 7.12. The quantitative estimate of drug-likeness (QED) is 0.850. The van der Waals surface area contributed by atoms with Crippen LogP contribution in [-0.4, -0.2) is 47.8 Å². The Kier molecular flexibility index (Phi) is 4.48. The fourth-order valence-corrected chi connectivity index (χ4v) is 3.42. The van der Waals surface area contributed by atoms with Gasteiger partial charge in [-0.15, -0.1) is 11.3 Å². The number of hydrogen-bond acceptors (Lipinski definition) is 3.